The molecule has 15 heavy (non-hydrogen) atoms. The molecule has 0 saturated carbocycles. The number of carbonyl (C=O) groups is 2. The van der Waals surface area contributed by atoms with Crippen molar-refractivity contribution in [2.24, 2.45) is 0 Å². The topological polar surface area (TPSA) is 54.4 Å². The van der Waals surface area contributed by atoms with Gasteiger partial charge in [0.25, 0.3) is 0 Å². The van der Waals surface area contributed by atoms with Crippen molar-refractivity contribution in [3.8, 4) is 0 Å². The predicted molar refractivity (Wildman–Crippen MR) is 57.5 cm³/mol. The van der Waals surface area contributed by atoms with Crippen LogP contribution in [-0.4, -0.2) is 21.7 Å². The van der Waals surface area contributed by atoms with Gasteiger partial charge in [-0.05, 0) is 36.2 Å². The SMILES string of the molecule is CC(=O)C1(O)C=CC(/C=C/C(=O)Cl)=CC1. The van der Waals surface area contributed by atoms with Gasteiger partial charge in [0.15, 0.2) is 5.78 Å². The lowest BCUT2D eigenvalue weighted by atomic mass is 9.89. The Kier molecular flexibility index (Phi) is 3.61. The number of carbonyl (C=O) groups excluding carboxylic acids is 2. The molecule has 0 aromatic rings. The van der Waals surface area contributed by atoms with Crippen LogP contribution in [0.15, 0.2) is 36.0 Å². The van der Waals surface area contributed by atoms with Crippen LogP contribution in [0.1, 0.15) is 13.3 Å². The molecule has 0 aromatic heterocycles. The normalized spacial score (nSPS) is 25.4. The van der Waals surface area contributed by atoms with Crippen LogP contribution in [0.5, 0.6) is 0 Å². The summed E-state index contributed by atoms with van der Waals surface area (Å²) >= 11 is 5.12. The molecule has 3 nitrogen and oxygen atoms in total. The standard InChI is InChI=1S/C11H11ClO3/c1-8(13)11(15)6-4-9(5-7-11)2-3-10(12)14/h2-6,15H,7H2,1H3/b3-2+. The molecule has 4 heteroatoms. The Labute approximate surface area is 92.7 Å². The molecule has 1 rings (SSSR count). The average Bonchev–Trinajstić information content (AvgIpc) is 2.16. The summed E-state index contributed by atoms with van der Waals surface area (Å²) in [6.07, 6.45) is 7.66. The minimum atomic E-state index is -1.40. The Morgan fingerprint density at radius 1 is 1.60 bits per heavy atom. The molecule has 0 saturated heterocycles. The summed E-state index contributed by atoms with van der Waals surface area (Å²) in [5, 5.41) is 9.19. The van der Waals surface area contributed by atoms with E-state index >= 15 is 0 Å². The number of rotatable bonds is 3. The molecule has 0 radical (unpaired) electrons. The minimum absolute atomic E-state index is 0.217. The third kappa shape index (κ3) is 3.15. The smallest absolute Gasteiger partial charge is 0.245 e. The largest absolute Gasteiger partial charge is 0.378 e. The molecule has 1 aliphatic carbocycles. The maximum Gasteiger partial charge on any atom is 0.245 e. The van der Waals surface area contributed by atoms with Crippen LogP contribution < -0.4 is 0 Å². The van der Waals surface area contributed by atoms with Gasteiger partial charge in [0.1, 0.15) is 5.60 Å². The molecule has 0 bridgehead atoms. The molecule has 1 unspecified atom stereocenters. The Hall–Kier alpha value is -1.19. The zero-order valence-electron chi connectivity index (χ0n) is 8.24. The fourth-order valence-electron chi connectivity index (χ4n) is 1.19. The van der Waals surface area contributed by atoms with Gasteiger partial charge in [-0.3, -0.25) is 9.59 Å². The third-order valence-electron chi connectivity index (χ3n) is 2.22. The van der Waals surface area contributed by atoms with Crippen molar-refractivity contribution in [3.63, 3.8) is 0 Å². The minimum Gasteiger partial charge on any atom is -0.378 e. The second-order valence-electron chi connectivity index (χ2n) is 3.36. The highest BCUT2D eigenvalue weighted by Gasteiger charge is 2.29. The summed E-state index contributed by atoms with van der Waals surface area (Å²) in [6.45, 7) is 1.33. The van der Waals surface area contributed by atoms with Gasteiger partial charge in [-0.15, -0.1) is 0 Å². The molecule has 1 atom stereocenters. The Morgan fingerprint density at radius 2 is 2.27 bits per heavy atom. The Morgan fingerprint density at radius 3 is 2.67 bits per heavy atom. The molecule has 0 spiro atoms. The van der Waals surface area contributed by atoms with E-state index in [0.717, 1.165) is 5.57 Å². The number of Topliss-reactive ketones (excluding diaryl/α,β-unsaturated/α-hetero) is 1. The molecule has 0 aliphatic heterocycles. The number of ketones is 1. The van der Waals surface area contributed by atoms with E-state index in [4.69, 9.17) is 11.6 Å². The molecule has 0 aromatic carbocycles. The summed E-state index contributed by atoms with van der Waals surface area (Å²) in [4.78, 5) is 21.5. The van der Waals surface area contributed by atoms with Crippen LogP contribution in [-0.2, 0) is 9.59 Å². The van der Waals surface area contributed by atoms with Crippen molar-refractivity contribution in [2.75, 3.05) is 0 Å². The van der Waals surface area contributed by atoms with Crippen LogP contribution in [0.25, 0.3) is 0 Å². The first kappa shape index (κ1) is 11.9. The first-order valence-corrected chi connectivity index (χ1v) is 4.82. The summed E-state index contributed by atoms with van der Waals surface area (Å²) in [5.41, 5.74) is -0.655. The zero-order chi connectivity index (χ0) is 11.5. The van der Waals surface area contributed by atoms with E-state index in [2.05, 4.69) is 0 Å². The Balaban J connectivity index is 2.73. The van der Waals surface area contributed by atoms with Gasteiger partial charge in [-0.25, -0.2) is 0 Å². The highest BCUT2D eigenvalue weighted by atomic mass is 35.5. The predicted octanol–water partition coefficient (Wildman–Crippen LogP) is 1.51. The van der Waals surface area contributed by atoms with Crippen molar-refractivity contribution in [3.05, 3.63) is 36.0 Å². The van der Waals surface area contributed by atoms with E-state index in [-0.39, 0.29) is 12.2 Å². The summed E-state index contributed by atoms with van der Waals surface area (Å²) in [6, 6.07) is 0. The molecular weight excluding hydrogens is 216 g/mol. The van der Waals surface area contributed by atoms with Gasteiger partial charge in [-0.1, -0.05) is 18.2 Å². The van der Waals surface area contributed by atoms with Crippen molar-refractivity contribution >= 4 is 22.6 Å². The first-order valence-electron chi connectivity index (χ1n) is 4.44. The Bertz CT molecular complexity index is 379. The van der Waals surface area contributed by atoms with Crippen molar-refractivity contribution in [1.82, 2.24) is 0 Å². The fraction of sp³-hybridized carbons (Fsp3) is 0.273. The van der Waals surface area contributed by atoms with E-state index in [1.54, 1.807) is 12.2 Å². The highest BCUT2D eigenvalue weighted by Crippen LogP contribution is 2.22. The van der Waals surface area contributed by atoms with Crippen LogP contribution in [0, 0.1) is 0 Å². The van der Waals surface area contributed by atoms with Crippen LogP contribution >= 0.6 is 11.6 Å². The van der Waals surface area contributed by atoms with E-state index in [0.29, 0.717) is 0 Å². The van der Waals surface area contributed by atoms with E-state index in [1.165, 1.54) is 25.2 Å². The lowest BCUT2D eigenvalue weighted by molar-refractivity contribution is -0.130. The highest BCUT2D eigenvalue weighted by molar-refractivity contribution is 6.66. The van der Waals surface area contributed by atoms with Gasteiger partial charge in [0.05, 0.1) is 0 Å². The number of hydrogen-bond acceptors (Lipinski definition) is 3. The number of halogens is 1. The van der Waals surface area contributed by atoms with E-state index in [1.807, 2.05) is 0 Å². The number of hydrogen-bond donors (Lipinski definition) is 1. The molecule has 0 heterocycles. The molecular formula is C11H11ClO3. The molecule has 0 amide bonds. The maximum absolute atomic E-state index is 11.1. The van der Waals surface area contributed by atoms with Crippen LogP contribution in [0.3, 0.4) is 0 Å². The summed E-state index contributed by atoms with van der Waals surface area (Å²) < 4.78 is 0. The summed E-state index contributed by atoms with van der Waals surface area (Å²) in [5.74, 6) is -0.300. The second-order valence-corrected chi connectivity index (χ2v) is 3.73. The van der Waals surface area contributed by atoms with Gasteiger partial charge < -0.3 is 5.11 Å². The van der Waals surface area contributed by atoms with Crippen molar-refractivity contribution in [2.45, 2.75) is 18.9 Å². The van der Waals surface area contributed by atoms with E-state index in [9.17, 15) is 14.7 Å². The maximum atomic E-state index is 11.1. The summed E-state index contributed by atoms with van der Waals surface area (Å²) in [7, 11) is 0. The second kappa shape index (κ2) is 4.55. The third-order valence-corrected chi connectivity index (χ3v) is 2.34. The van der Waals surface area contributed by atoms with Gasteiger partial charge in [-0.2, -0.15) is 0 Å². The molecule has 0 fully saturated rings. The van der Waals surface area contributed by atoms with Crippen molar-refractivity contribution in [1.29, 1.82) is 0 Å². The van der Waals surface area contributed by atoms with Gasteiger partial charge in [0.2, 0.25) is 5.24 Å². The lowest BCUT2D eigenvalue weighted by Gasteiger charge is -2.22. The molecule has 1 N–H and O–H groups in total. The van der Waals surface area contributed by atoms with E-state index < -0.39 is 10.8 Å². The number of allylic oxidation sites excluding steroid dienone is 4. The number of aliphatic hydroxyl groups is 1. The quantitative estimate of drug-likeness (QED) is 0.586. The fourth-order valence-corrected chi connectivity index (χ4v) is 1.25. The van der Waals surface area contributed by atoms with Crippen LogP contribution in [0.2, 0.25) is 0 Å². The lowest BCUT2D eigenvalue weighted by Crippen LogP contribution is -2.35. The molecule has 1 aliphatic rings. The molecule has 80 valence electrons. The van der Waals surface area contributed by atoms with Gasteiger partial charge in [0, 0.05) is 6.42 Å². The van der Waals surface area contributed by atoms with Crippen molar-refractivity contribution < 1.29 is 14.7 Å². The first-order chi connectivity index (χ1) is 6.94. The van der Waals surface area contributed by atoms with Gasteiger partial charge >= 0.3 is 0 Å². The zero-order valence-corrected chi connectivity index (χ0v) is 8.99. The van der Waals surface area contributed by atoms with Crippen LogP contribution in [0.4, 0.5) is 0 Å². The average molecular weight is 227 g/mol. The monoisotopic (exact) mass is 226 g/mol.